The van der Waals surface area contributed by atoms with Gasteiger partial charge in [0.2, 0.25) is 11.8 Å². The topological polar surface area (TPSA) is 82.5 Å². The Morgan fingerprint density at radius 1 is 1.16 bits per heavy atom. The fourth-order valence-electron chi connectivity index (χ4n) is 4.31. The van der Waals surface area contributed by atoms with Crippen molar-refractivity contribution >= 4 is 17.6 Å². The Kier molecular flexibility index (Phi) is 6.15. The van der Waals surface area contributed by atoms with E-state index in [-0.39, 0.29) is 23.7 Å². The van der Waals surface area contributed by atoms with Crippen molar-refractivity contribution in [3.63, 3.8) is 0 Å². The number of piperidine rings is 1. The van der Waals surface area contributed by atoms with Crippen LogP contribution in [0.3, 0.4) is 0 Å². The molecule has 2 saturated heterocycles. The van der Waals surface area contributed by atoms with Crippen LogP contribution in [0.1, 0.15) is 48.3 Å². The van der Waals surface area contributed by atoms with Crippen molar-refractivity contribution in [3.05, 3.63) is 47.7 Å². The molecule has 2 aromatic heterocycles. The van der Waals surface area contributed by atoms with E-state index in [1.807, 2.05) is 55.2 Å². The van der Waals surface area contributed by atoms with E-state index in [2.05, 4.69) is 4.98 Å². The van der Waals surface area contributed by atoms with Gasteiger partial charge in [0.1, 0.15) is 11.6 Å². The molecule has 0 bridgehead atoms. The predicted octanol–water partition coefficient (Wildman–Crippen LogP) is 1.83. The maximum absolute atomic E-state index is 12.7. The van der Waals surface area contributed by atoms with Gasteiger partial charge in [0.05, 0.1) is 12.1 Å². The number of hydrogen-bond acceptors (Lipinski definition) is 6. The van der Waals surface area contributed by atoms with Crippen LogP contribution in [0, 0.1) is 0 Å². The van der Waals surface area contributed by atoms with Crippen LogP contribution in [0.5, 0.6) is 0 Å². The Bertz CT molecular complexity index is 940. The summed E-state index contributed by atoms with van der Waals surface area (Å²) in [6, 6.07) is 7.66. The van der Waals surface area contributed by atoms with Crippen LogP contribution in [0.25, 0.3) is 0 Å². The third-order valence-corrected chi connectivity index (χ3v) is 6.24. The molecular formula is C23H30N6O2. The number of rotatable bonds is 5. The smallest absolute Gasteiger partial charge is 0.228 e. The minimum atomic E-state index is 0.109. The van der Waals surface area contributed by atoms with Crippen molar-refractivity contribution in [2.24, 2.45) is 0 Å². The molecule has 0 aliphatic carbocycles. The van der Waals surface area contributed by atoms with Crippen LogP contribution in [0.15, 0.2) is 30.5 Å². The number of carbonyl (C=O) groups is 2. The van der Waals surface area contributed by atoms with Crippen molar-refractivity contribution in [1.82, 2.24) is 24.8 Å². The number of aromatic nitrogens is 3. The number of anilines is 1. The standard InChI is InChI=1S/C23H30N6O2/c1-27(2)20-14-19(17-12-21(30)28(3)15-17)25-23(26-20)16-7-10-29(11-8-16)22(31)13-18-6-4-5-9-24-18/h4-6,9,14,16-17H,7-8,10-13,15H2,1-3H3/t17-/m1/s1. The minimum absolute atomic E-state index is 0.109. The van der Waals surface area contributed by atoms with Crippen LogP contribution in [-0.4, -0.2) is 77.3 Å². The van der Waals surface area contributed by atoms with E-state index in [9.17, 15) is 9.59 Å². The van der Waals surface area contributed by atoms with Gasteiger partial charge in [0.25, 0.3) is 0 Å². The largest absolute Gasteiger partial charge is 0.363 e. The summed E-state index contributed by atoms with van der Waals surface area (Å²) in [6.07, 6.45) is 4.24. The van der Waals surface area contributed by atoms with E-state index in [1.54, 1.807) is 11.1 Å². The molecule has 2 aliphatic rings. The van der Waals surface area contributed by atoms with Gasteiger partial charge in [0, 0.05) is 77.0 Å². The number of likely N-dealkylation sites (N-methyl/N-ethyl adjacent to an activating group) is 1. The van der Waals surface area contributed by atoms with Gasteiger partial charge in [-0.25, -0.2) is 9.97 Å². The summed E-state index contributed by atoms with van der Waals surface area (Å²) in [5.74, 6) is 2.31. The Hall–Kier alpha value is -3.03. The molecule has 4 heterocycles. The van der Waals surface area contributed by atoms with Gasteiger partial charge in [-0.2, -0.15) is 0 Å². The number of pyridine rings is 1. The van der Waals surface area contributed by atoms with Gasteiger partial charge in [-0.05, 0) is 25.0 Å². The Balaban J connectivity index is 1.45. The molecule has 2 amide bonds. The highest BCUT2D eigenvalue weighted by atomic mass is 16.2. The highest BCUT2D eigenvalue weighted by Crippen LogP contribution is 2.32. The predicted molar refractivity (Wildman–Crippen MR) is 118 cm³/mol. The molecule has 0 aromatic carbocycles. The molecule has 8 nitrogen and oxygen atoms in total. The van der Waals surface area contributed by atoms with Gasteiger partial charge in [0.15, 0.2) is 0 Å². The Morgan fingerprint density at radius 3 is 2.55 bits per heavy atom. The second-order valence-corrected chi connectivity index (χ2v) is 8.73. The highest BCUT2D eigenvalue weighted by molar-refractivity contribution is 5.79. The van der Waals surface area contributed by atoms with Crippen molar-refractivity contribution < 1.29 is 9.59 Å². The summed E-state index contributed by atoms with van der Waals surface area (Å²) in [7, 11) is 5.79. The minimum Gasteiger partial charge on any atom is -0.363 e. The maximum atomic E-state index is 12.7. The molecule has 0 N–H and O–H groups in total. The molecule has 4 rings (SSSR count). The molecule has 2 aliphatic heterocycles. The summed E-state index contributed by atoms with van der Waals surface area (Å²) in [5, 5.41) is 0. The van der Waals surface area contributed by atoms with Crippen LogP contribution < -0.4 is 4.90 Å². The van der Waals surface area contributed by atoms with E-state index < -0.39 is 0 Å². The van der Waals surface area contributed by atoms with E-state index in [4.69, 9.17) is 9.97 Å². The molecule has 164 valence electrons. The maximum Gasteiger partial charge on any atom is 0.228 e. The van der Waals surface area contributed by atoms with Gasteiger partial charge >= 0.3 is 0 Å². The summed E-state index contributed by atoms with van der Waals surface area (Å²) in [4.78, 5) is 44.3. The second kappa shape index (κ2) is 8.99. The SMILES string of the molecule is CN1C[C@H](c2cc(N(C)C)nc(C3CCN(C(=O)Cc4ccccn4)CC3)n2)CC1=O. The molecule has 2 fully saturated rings. The third-order valence-electron chi connectivity index (χ3n) is 6.24. The van der Waals surface area contributed by atoms with E-state index in [1.165, 1.54) is 0 Å². The highest BCUT2D eigenvalue weighted by Gasteiger charge is 2.31. The van der Waals surface area contributed by atoms with Gasteiger partial charge in [-0.1, -0.05) is 6.07 Å². The first kappa shape index (κ1) is 21.2. The van der Waals surface area contributed by atoms with E-state index in [0.717, 1.165) is 35.9 Å². The fourth-order valence-corrected chi connectivity index (χ4v) is 4.31. The number of carbonyl (C=O) groups excluding carboxylic acids is 2. The molecular weight excluding hydrogens is 392 g/mol. The third kappa shape index (κ3) is 4.84. The normalized spacial score (nSPS) is 19.7. The van der Waals surface area contributed by atoms with Gasteiger partial charge in [-0.15, -0.1) is 0 Å². The number of likely N-dealkylation sites (tertiary alicyclic amines) is 2. The summed E-state index contributed by atoms with van der Waals surface area (Å²) in [6.45, 7) is 2.10. The quantitative estimate of drug-likeness (QED) is 0.731. The molecule has 1 atom stereocenters. The average molecular weight is 423 g/mol. The van der Waals surface area contributed by atoms with Crippen LogP contribution in [-0.2, 0) is 16.0 Å². The lowest BCUT2D eigenvalue weighted by molar-refractivity contribution is -0.131. The lowest BCUT2D eigenvalue weighted by Crippen LogP contribution is -2.39. The van der Waals surface area contributed by atoms with Crippen molar-refractivity contribution in [1.29, 1.82) is 0 Å². The van der Waals surface area contributed by atoms with Crippen LogP contribution in [0.2, 0.25) is 0 Å². The van der Waals surface area contributed by atoms with Gasteiger partial charge in [-0.3, -0.25) is 14.6 Å². The summed E-state index contributed by atoms with van der Waals surface area (Å²) in [5.41, 5.74) is 1.75. The zero-order valence-electron chi connectivity index (χ0n) is 18.5. The zero-order valence-corrected chi connectivity index (χ0v) is 18.5. The second-order valence-electron chi connectivity index (χ2n) is 8.73. The number of nitrogens with zero attached hydrogens (tertiary/aromatic N) is 6. The molecule has 8 heteroatoms. The van der Waals surface area contributed by atoms with E-state index in [0.29, 0.717) is 32.5 Å². The lowest BCUT2D eigenvalue weighted by atomic mass is 9.95. The molecule has 0 saturated carbocycles. The summed E-state index contributed by atoms with van der Waals surface area (Å²) >= 11 is 0. The van der Waals surface area contributed by atoms with Gasteiger partial charge < -0.3 is 14.7 Å². The van der Waals surface area contributed by atoms with E-state index >= 15 is 0 Å². The first-order valence-corrected chi connectivity index (χ1v) is 10.9. The molecule has 0 spiro atoms. The fraction of sp³-hybridized carbons (Fsp3) is 0.522. The first-order valence-electron chi connectivity index (χ1n) is 10.9. The molecule has 31 heavy (non-hydrogen) atoms. The van der Waals surface area contributed by atoms with Crippen molar-refractivity contribution in [2.75, 3.05) is 45.7 Å². The summed E-state index contributed by atoms with van der Waals surface area (Å²) < 4.78 is 0. The average Bonchev–Trinajstić information content (AvgIpc) is 3.12. The first-order chi connectivity index (χ1) is 14.9. The molecule has 2 aromatic rings. The molecule has 0 radical (unpaired) electrons. The zero-order chi connectivity index (χ0) is 22.0. The van der Waals surface area contributed by atoms with Crippen molar-refractivity contribution in [2.45, 2.75) is 37.5 Å². The monoisotopic (exact) mass is 422 g/mol. The van der Waals surface area contributed by atoms with Crippen LogP contribution in [0.4, 0.5) is 5.82 Å². The lowest BCUT2D eigenvalue weighted by Gasteiger charge is -2.32. The van der Waals surface area contributed by atoms with Crippen molar-refractivity contribution in [3.8, 4) is 0 Å². The Morgan fingerprint density at radius 2 is 1.94 bits per heavy atom. The molecule has 0 unspecified atom stereocenters. The Labute approximate surface area is 183 Å². The number of amides is 2. The van der Waals surface area contributed by atoms with Crippen LogP contribution >= 0.6 is 0 Å². The number of hydrogen-bond donors (Lipinski definition) is 0.